The van der Waals surface area contributed by atoms with E-state index >= 15 is 0 Å². The second-order valence-corrected chi connectivity index (χ2v) is 5.16. The Morgan fingerprint density at radius 1 is 1.04 bits per heavy atom. The van der Waals surface area contributed by atoms with Gasteiger partial charge in [-0.2, -0.15) is 0 Å². The van der Waals surface area contributed by atoms with Crippen molar-refractivity contribution in [3.05, 3.63) is 48.0 Å². The highest BCUT2D eigenvalue weighted by Crippen LogP contribution is 2.28. The highest BCUT2D eigenvalue weighted by atomic mass is 16.5. The van der Waals surface area contributed by atoms with E-state index in [0.29, 0.717) is 24.3 Å². The Kier molecular flexibility index (Phi) is 5.46. The van der Waals surface area contributed by atoms with Crippen LogP contribution in [0.4, 0.5) is 5.69 Å². The maximum absolute atomic E-state index is 12.3. The number of carbonyl (C=O) groups is 1. The average molecular weight is 315 g/mol. The summed E-state index contributed by atoms with van der Waals surface area (Å²) in [5, 5.41) is 9.30. The molecule has 0 bridgehead atoms. The maximum Gasteiger partial charge on any atom is 0.227 e. The first-order chi connectivity index (χ1) is 11.0. The van der Waals surface area contributed by atoms with Crippen molar-refractivity contribution in [3.8, 4) is 17.2 Å². The van der Waals surface area contributed by atoms with E-state index in [2.05, 4.69) is 0 Å². The van der Waals surface area contributed by atoms with E-state index in [9.17, 15) is 9.90 Å². The molecule has 1 amide bonds. The summed E-state index contributed by atoms with van der Waals surface area (Å²) in [6.45, 7) is 0. The number of phenolic OH excluding ortho intramolecular Hbond substituents is 1. The summed E-state index contributed by atoms with van der Waals surface area (Å²) < 4.78 is 10.5. The monoisotopic (exact) mass is 315 g/mol. The van der Waals surface area contributed by atoms with Crippen LogP contribution in [-0.4, -0.2) is 32.3 Å². The minimum atomic E-state index is 0.00507. The van der Waals surface area contributed by atoms with Gasteiger partial charge in [0.25, 0.3) is 0 Å². The summed E-state index contributed by atoms with van der Waals surface area (Å²) in [6, 6.07) is 12.2. The van der Waals surface area contributed by atoms with Crippen molar-refractivity contribution in [2.75, 3.05) is 26.2 Å². The molecule has 122 valence electrons. The second kappa shape index (κ2) is 7.54. The van der Waals surface area contributed by atoms with Crippen LogP contribution in [0, 0.1) is 0 Å². The molecule has 0 saturated carbocycles. The highest BCUT2D eigenvalue weighted by Gasteiger charge is 2.12. The van der Waals surface area contributed by atoms with Crippen LogP contribution in [0.15, 0.2) is 42.5 Å². The van der Waals surface area contributed by atoms with Crippen molar-refractivity contribution < 1.29 is 19.4 Å². The molecule has 0 spiro atoms. The summed E-state index contributed by atoms with van der Waals surface area (Å²) in [6.07, 6.45) is 0.995. The number of aromatic hydroxyl groups is 1. The molecular weight excluding hydrogens is 294 g/mol. The van der Waals surface area contributed by atoms with Crippen molar-refractivity contribution in [2.24, 2.45) is 0 Å². The van der Waals surface area contributed by atoms with Crippen molar-refractivity contribution in [3.63, 3.8) is 0 Å². The molecule has 0 atom stereocenters. The zero-order chi connectivity index (χ0) is 16.8. The third kappa shape index (κ3) is 4.16. The van der Waals surface area contributed by atoms with Gasteiger partial charge in [0, 0.05) is 19.2 Å². The first-order valence-corrected chi connectivity index (χ1v) is 7.31. The van der Waals surface area contributed by atoms with E-state index in [4.69, 9.17) is 9.47 Å². The first-order valence-electron chi connectivity index (χ1n) is 7.31. The van der Waals surface area contributed by atoms with Gasteiger partial charge in [0.05, 0.1) is 14.2 Å². The lowest BCUT2D eigenvalue weighted by atomic mass is 10.1. The van der Waals surface area contributed by atoms with E-state index in [1.54, 1.807) is 50.4 Å². The third-order valence-corrected chi connectivity index (χ3v) is 3.69. The number of hydrogen-bond donors (Lipinski definition) is 1. The topological polar surface area (TPSA) is 59.0 Å². The molecule has 0 aromatic heterocycles. The Morgan fingerprint density at radius 3 is 2.30 bits per heavy atom. The van der Waals surface area contributed by atoms with Gasteiger partial charge in [-0.15, -0.1) is 0 Å². The van der Waals surface area contributed by atoms with E-state index in [1.165, 1.54) is 0 Å². The molecule has 2 aromatic carbocycles. The Balaban J connectivity index is 1.99. The number of benzene rings is 2. The van der Waals surface area contributed by atoms with Crippen LogP contribution in [-0.2, 0) is 11.2 Å². The number of rotatable bonds is 6. The predicted molar refractivity (Wildman–Crippen MR) is 89.4 cm³/mol. The fraction of sp³-hybridized carbons (Fsp3) is 0.278. The van der Waals surface area contributed by atoms with Gasteiger partial charge in [0.15, 0.2) is 11.5 Å². The van der Waals surface area contributed by atoms with Gasteiger partial charge in [-0.1, -0.05) is 6.07 Å². The summed E-state index contributed by atoms with van der Waals surface area (Å²) in [5.41, 5.74) is 1.76. The second-order valence-electron chi connectivity index (χ2n) is 5.16. The van der Waals surface area contributed by atoms with Crippen molar-refractivity contribution in [2.45, 2.75) is 12.8 Å². The molecule has 0 fully saturated rings. The molecule has 0 heterocycles. The van der Waals surface area contributed by atoms with Crippen LogP contribution in [0.3, 0.4) is 0 Å². The Bertz CT molecular complexity index is 667. The summed E-state index contributed by atoms with van der Waals surface area (Å²) in [5.74, 6) is 1.51. The van der Waals surface area contributed by atoms with E-state index in [1.807, 2.05) is 18.2 Å². The number of anilines is 1. The zero-order valence-electron chi connectivity index (χ0n) is 13.6. The standard InChI is InChI=1S/C18H21NO4/c1-19(14-6-8-15(20)9-7-14)18(21)11-5-13-4-10-16(22-2)17(12-13)23-3/h4,6-10,12,20H,5,11H2,1-3H3. The van der Waals surface area contributed by atoms with E-state index in [0.717, 1.165) is 11.3 Å². The molecule has 2 aromatic rings. The fourth-order valence-corrected chi connectivity index (χ4v) is 2.28. The van der Waals surface area contributed by atoms with Crippen molar-refractivity contribution in [1.29, 1.82) is 0 Å². The molecule has 23 heavy (non-hydrogen) atoms. The zero-order valence-corrected chi connectivity index (χ0v) is 13.6. The summed E-state index contributed by atoms with van der Waals surface area (Å²) in [4.78, 5) is 13.9. The first kappa shape index (κ1) is 16.7. The summed E-state index contributed by atoms with van der Waals surface area (Å²) >= 11 is 0. The van der Waals surface area contributed by atoms with Crippen LogP contribution in [0.25, 0.3) is 0 Å². The minimum Gasteiger partial charge on any atom is -0.508 e. The van der Waals surface area contributed by atoms with Crippen molar-refractivity contribution in [1.82, 2.24) is 0 Å². The Hall–Kier alpha value is -2.69. The highest BCUT2D eigenvalue weighted by molar-refractivity contribution is 5.92. The van der Waals surface area contributed by atoms with Gasteiger partial charge in [-0.05, 0) is 48.4 Å². The van der Waals surface area contributed by atoms with Crippen LogP contribution < -0.4 is 14.4 Å². The number of hydrogen-bond acceptors (Lipinski definition) is 4. The largest absolute Gasteiger partial charge is 0.508 e. The number of amides is 1. The molecule has 0 radical (unpaired) electrons. The molecule has 1 N–H and O–H groups in total. The van der Waals surface area contributed by atoms with Gasteiger partial charge in [0.2, 0.25) is 5.91 Å². The van der Waals surface area contributed by atoms with Crippen molar-refractivity contribution >= 4 is 11.6 Å². The van der Waals surface area contributed by atoms with Crippen LogP contribution in [0.2, 0.25) is 0 Å². The quantitative estimate of drug-likeness (QED) is 0.890. The van der Waals surface area contributed by atoms with Gasteiger partial charge < -0.3 is 19.5 Å². The van der Waals surface area contributed by atoms with Gasteiger partial charge in [-0.3, -0.25) is 4.79 Å². The lowest BCUT2D eigenvalue weighted by Gasteiger charge is -2.17. The number of carbonyl (C=O) groups excluding carboxylic acids is 1. The number of ether oxygens (including phenoxy) is 2. The smallest absolute Gasteiger partial charge is 0.227 e. The van der Waals surface area contributed by atoms with Crippen LogP contribution in [0.1, 0.15) is 12.0 Å². The van der Waals surface area contributed by atoms with Gasteiger partial charge in [-0.25, -0.2) is 0 Å². The van der Waals surface area contributed by atoms with Crippen LogP contribution in [0.5, 0.6) is 17.2 Å². The van der Waals surface area contributed by atoms with E-state index < -0.39 is 0 Å². The lowest BCUT2D eigenvalue weighted by molar-refractivity contribution is -0.118. The normalized spacial score (nSPS) is 10.2. The van der Waals surface area contributed by atoms with Gasteiger partial charge >= 0.3 is 0 Å². The molecule has 0 aliphatic carbocycles. The predicted octanol–water partition coefficient (Wildman–Crippen LogP) is 3.01. The van der Waals surface area contributed by atoms with Gasteiger partial charge in [0.1, 0.15) is 5.75 Å². The minimum absolute atomic E-state index is 0.00507. The summed E-state index contributed by atoms with van der Waals surface area (Å²) in [7, 11) is 4.91. The molecule has 5 nitrogen and oxygen atoms in total. The number of nitrogens with zero attached hydrogens (tertiary/aromatic N) is 1. The van der Waals surface area contributed by atoms with E-state index in [-0.39, 0.29) is 11.7 Å². The number of aryl methyl sites for hydroxylation is 1. The fourth-order valence-electron chi connectivity index (χ4n) is 2.28. The molecule has 0 aliphatic heterocycles. The molecule has 0 unspecified atom stereocenters. The average Bonchev–Trinajstić information content (AvgIpc) is 2.59. The molecule has 5 heteroatoms. The van der Waals surface area contributed by atoms with Crippen LogP contribution >= 0.6 is 0 Å². The SMILES string of the molecule is COc1ccc(CCC(=O)N(C)c2ccc(O)cc2)cc1OC. The maximum atomic E-state index is 12.3. The Labute approximate surface area is 136 Å². The molecule has 2 rings (SSSR count). The lowest BCUT2D eigenvalue weighted by Crippen LogP contribution is -2.26. The molecule has 0 aliphatic rings. The number of phenols is 1. The molecule has 0 saturated heterocycles. The number of methoxy groups -OCH3 is 2. The molecular formula is C18H21NO4. The third-order valence-electron chi connectivity index (χ3n) is 3.69. The Morgan fingerprint density at radius 2 is 1.70 bits per heavy atom.